The molecule has 0 bridgehead atoms. The van der Waals surface area contributed by atoms with E-state index in [1.54, 1.807) is 50.6 Å². The SMILES string of the molecule is COc1cccc(C=CC(=O)Nc2ccccc2Cl)c1OC. The Morgan fingerprint density at radius 1 is 1.09 bits per heavy atom. The number of rotatable bonds is 5. The second kappa shape index (κ2) is 7.52. The van der Waals surface area contributed by atoms with E-state index in [1.807, 2.05) is 12.1 Å². The highest BCUT2D eigenvalue weighted by molar-refractivity contribution is 6.33. The van der Waals surface area contributed by atoms with Crippen LogP contribution < -0.4 is 14.8 Å². The first kappa shape index (κ1) is 15.9. The van der Waals surface area contributed by atoms with Gasteiger partial charge in [-0.05, 0) is 24.3 Å². The molecule has 0 aliphatic carbocycles. The Morgan fingerprint density at radius 3 is 2.55 bits per heavy atom. The van der Waals surface area contributed by atoms with Crippen molar-refractivity contribution in [2.75, 3.05) is 19.5 Å². The lowest BCUT2D eigenvalue weighted by atomic mass is 10.1. The van der Waals surface area contributed by atoms with Gasteiger partial charge < -0.3 is 14.8 Å². The summed E-state index contributed by atoms with van der Waals surface area (Å²) in [7, 11) is 3.12. The molecular weight excluding hydrogens is 302 g/mol. The van der Waals surface area contributed by atoms with E-state index >= 15 is 0 Å². The number of anilines is 1. The summed E-state index contributed by atoms with van der Waals surface area (Å²) in [5.41, 5.74) is 1.31. The Bertz CT molecular complexity index is 698. The molecule has 0 atom stereocenters. The van der Waals surface area contributed by atoms with Gasteiger partial charge in [0.05, 0.1) is 24.9 Å². The minimum absolute atomic E-state index is 0.280. The Balaban J connectivity index is 2.15. The standard InChI is InChI=1S/C17H16ClNO3/c1-21-15-9-5-6-12(17(15)22-2)10-11-16(20)19-14-8-4-3-7-13(14)18/h3-11H,1-2H3,(H,19,20). The van der Waals surface area contributed by atoms with E-state index < -0.39 is 0 Å². The zero-order chi connectivity index (χ0) is 15.9. The van der Waals surface area contributed by atoms with E-state index in [2.05, 4.69) is 5.32 Å². The molecule has 0 fully saturated rings. The number of hydrogen-bond donors (Lipinski definition) is 1. The number of carbonyl (C=O) groups is 1. The number of methoxy groups -OCH3 is 2. The quantitative estimate of drug-likeness (QED) is 0.848. The Morgan fingerprint density at radius 2 is 1.86 bits per heavy atom. The summed E-state index contributed by atoms with van der Waals surface area (Å²) in [6.45, 7) is 0. The van der Waals surface area contributed by atoms with Gasteiger partial charge in [-0.15, -0.1) is 0 Å². The fourth-order valence-corrected chi connectivity index (χ4v) is 2.13. The van der Waals surface area contributed by atoms with Gasteiger partial charge in [-0.2, -0.15) is 0 Å². The van der Waals surface area contributed by atoms with Gasteiger partial charge in [-0.25, -0.2) is 0 Å². The molecule has 1 N–H and O–H groups in total. The van der Waals surface area contributed by atoms with Crippen LogP contribution in [0.5, 0.6) is 11.5 Å². The predicted octanol–water partition coefficient (Wildman–Crippen LogP) is 4.01. The maximum atomic E-state index is 12.0. The van der Waals surface area contributed by atoms with Crippen molar-refractivity contribution < 1.29 is 14.3 Å². The van der Waals surface area contributed by atoms with Gasteiger partial charge in [0.15, 0.2) is 11.5 Å². The lowest BCUT2D eigenvalue weighted by Gasteiger charge is -2.09. The summed E-state index contributed by atoms with van der Waals surface area (Å²) < 4.78 is 10.5. The Hall–Kier alpha value is -2.46. The monoisotopic (exact) mass is 317 g/mol. The van der Waals surface area contributed by atoms with E-state index in [1.165, 1.54) is 6.08 Å². The van der Waals surface area contributed by atoms with Crippen LogP contribution in [0.15, 0.2) is 48.5 Å². The molecule has 0 saturated carbocycles. The summed E-state index contributed by atoms with van der Waals surface area (Å²) in [5, 5.41) is 3.21. The summed E-state index contributed by atoms with van der Waals surface area (Å²) >= 11 is 6.00. The molecular formula is C17H16ClNO3. The maximum absolute atomic E-state index is 12.0. The van der Waals surface area contributed by atoms with E-state index in [0.717, 1.165) is 5.56 Å². The number of halogens is 1. The number of carbonyl (C=O) groups excluding carboxylic acids is 1. The van der Waals surface area contributed by atoms with Crippen LogP contribution >= 0.6 is 11.6 Å². The molecule has 2 rings (SSSR count). The zero-order valence-corrected chi connectivity index (χ0v) is 13.1. The third kappa shape index (κ3) is 3.80. The Labute approximate surface area is 134 Å². The van der Waals surface area contributed by atoms with E-state index in [0.29, 0.717) is 22.2 Å². The first-order valence-electron chi connectivity index (χ1n) is 6.60. The van der Waals surface area contributed by atoms with Gasteiger partial charge in [0.25, 0.3) is 0 Å². The molecule has 0 spiro atoms. The fraction of sp³-hybridized carbons (Fsp3) is 0.118. The molecule has 0 aliphatic heterocycles. The van der Waals surface area contributed by atoms with Crippen LogP contribution in [0.25, 0.3) is 6.08 Å². The van der Waals surface area contributed by atoms with E-state index in [4.69, 9.17) is 21.1 Å². The minimum Gasteiger partial charge on any atom is -0.493 e. The first-order valence-corrected chi connectivity index (χ1v) is 6.98. The van der Waals surface area contributed by atoms with Gasteiger partial charge in [0, 0.05) is 11.6 Å². The highest BCUT2D eigenvalue weighted by Crippen LogP contribution is 2.31. The van der Waals surface area contributed by atoms with Crippen molar-refractivity contribution in [3.05, 3.63) is 59.1 Å². The molecule has 5 heteroatoms. The molecule has 22 heavy (non-hydrogen) atoms. The highest BCUT2D eigenvalue weighted by atomic mass is 35.5. The molecule has 0 radical (unpaired) electrons. The van der Waals surface area contributed by atoms with Gasteiger partial charge in [0.1, 0.15) is 0 Å². The smallest absolute Gasteiger partial charge is 0.248 e. The molecule has 0 aliphatic rings. The third-order valence-electron chi connectivity index (χ3n) is 2.98. The summed E-state index contributed by atoms with van der Waals surface area (Å²) in [4.78, 5) is 12.0. The molecule has 0 aromatic heterocycles. The summed E-state index contributed by atoms with van der Waals surface area (Å²) in [5.74, 6) is 0.904. The van der Waals surface area contributed by atoms with Crippen molar-refractivity contribution in [3.8, 4) is 11.5 Å². The number of benzene rings is 2. The molecule has 0 unspecified atom stereocenters. The number of ether oxygens (including phenoxy) is 2. The van der Waals surface area contributed by atoms with Gasteiger partial charge >= 0.3 is 0 Å². The second-order valence-electron chi connectivity index (χ2n) is 4.39. The molecule has 1 amide bonds. The molecule has 2 aromatic carbocycles. The first-order chi connectivity index (χ1) is 10.7. The lowest BCUT2D eigenvalue weighted by Crippen LogP contribution is -2.08. The lowest BCUT2D eigenvalue weighted by molar-refractivity contribution is -0.111. The molecule has 0 saturated heterocycles. The van der Waals surface area contributed by atoms with Crippen molar-refractivity contribution in [1.29, 1.82) is 0 Å². The van der Waals surface area contributed by atoms with E-state index in [9.17, 15) is 4.79 Å². The van der Waals surface area contributed by atoms with Crippen LogP contribution in [0.3, 0.4) is 0 Å². The second-order valence-corrected chi connectivity index (χ2v) is 4.79. The largest absolute Gasteiger partial charge is 0.493 e. The average Bonchev–Trinajstić information content (AvgIpc) is 2.54. The number of amides is 1. The number of hydrogen-bond acceptors (Lipinski definition) is 3. The van der Waals surface area contributed by atoms with Crippen LogP contribution in [-0.2, 0) is 4.79 Å². The predicted molar refractivity (Wildman–Crippen MR) is 88.7 cm³/mol. The molecule has 114 valence electrons. The third-order valence-corrected chi connectivity index (χ3v) is 3.31. The number of para-hydroxylation sites is 2. The fourth-order valence-electron chi connectivity index (χ4n) is 1.95. The molecule has 2 aromatic rings. The van der Waals surface area contributed by atoms with Crippen LogP contribution in [0.2, 0.25) is 5.02 Å². The van der Waals surface area contributed by atoms with Gasteiger partial charge in [-0.1, -0.05) is 35.9 Å². The number of nitrogens with one attached hydrogen (secondary N) is 1. The van der Waals surface area contributed by atoms with Crippen molar-refractivity contribution in [2.24, 2.45) is 0 Å². The van der Waals surface area contributed by atoms with Crippen molar-refractivity contribution in [1.82, 2.24) is 0 Å². The summed E-state index contributed by atoms with van der Waals surface area (Å²) in [6.07, 6.45) is 3.08. The minimum atomic E-state index is -0.280. The van der Waals surface area contributed by atoms with Crippen LogP contribution in [-0.4, -0.2) is 20.1 Å². The van der Waals surface area contributed by atoms with Crippen molar-refractivity contribution in [2.45, 2.75) is 0 Å². The topological polar surface area (TPSA) is 47.6 Å². The highest BCUT2D eigenvalue weighted by Gasteiger charge is 2.07. The van der Waals surface area contributed by atoms with Crippen molar-refractivity contribution >= 4 is 29.3 Å². The molecule has 0 heterocycles. The van der Waals surface area contributed by atoms with Crippen LogP contribution in [0, 0.1) is 0 Å². The van der Waals surface area contributed by atoms with E-state index in [-0.39, 0.29) is 5.91 Å². The van der Waals surface area contributed by atoms with Gasteiger partial charge in [0.2, 0.25) is 5.91 Å². The van der Waals surface area contributed by atoms with Crippen molar-refractivity contribution in [3.63, 3.8) is 0 Å². The normalized spacial score (nSPS) is 10.5. The Kier molecular flexibility index (Phi) is 5.44. The summed E-state index contributed by atoms with van der Waals surface area (Å²) in [6, 6.07) is 12.5. The average molecular weight is 318 g/mol. The van der Waals surface area contributed by atoms with Crippen LogP contribution in [0.4, 0.5) is 5.69 Å². The zero-order valence-electron chi connectivity index (χ0n) is 12.3. The maximum Gasteiger partial charge on any atom is 0.248 e. The van der Waals surface area contributed by atoms with Crippen LogP contribution in [0.1, 0.15) is 5.56 Å². The van der Waals surface area contributed by atoms with Gasteiger partial charge in [-0.3, -0.25) is 4.79 Å². The molecule has 4 nitrogen and oxygen atoms in total.